The zero-order chi connectivity index (χ0) is 23.5. The lowest BCUT2D eigenvalue weighted by Gasteiger charge is -2.12. The lowest BCUT2D eigenvalue weighted by atomic mass is 10.1. The number of rotatable bonds is 8. The number of benzene rings is 2. The molecule has 0 aromatic heterocycles. The first-order valence-corrected chi connectivity index (χ1v) is 10.7. The third-order valence-electron chi connectivity index (χ3n) is 4.11. The summed E-state index contributed by atoms with van der Waals surface area (Å²) < 4.78 is 5.52. The quantitative estimate of drug-likeness (QED) is 0.358. The van der Waals surface area contributed by atoms with E-state index in [-0.39, 0.29) is 16.9 Å². The maximum Gasteiger partial charge on any atom is 0.269 e. The Labute approximate surface area is 193 Å². The van der Waals surface area contributed by atoms with Crippen LogP contribution in [0.15, 0.2) is 48.5 Å². The molecular formula is C23H28N4O4S. The summed E-state index contributed by atoms with van der Waals surface area (Å²) in [4.78, 5) is 36.4. The smallest absolute Gasteiger partial charge is 0.269 e. The van der Waals surface area contributed by atoms with E-state index < -0.39 is 11.8 Å². The van der Waals surface area contributed by atoms with Gasteiger partial charge in [0.1, 0.15) is 5.75 Å². The summed E-state index contributed by atoms with van der Waals surface area (Å²) in [7, 11) is 0. The van der Waals surface area contributed by atoms with Crippen LogP contribution in [0.25, 0.3) is 0 Å². The van der Waals surface area contributed by atoms with Gasteiger partial charge in [-0.25, -0.2) is 0 Å². The van der Waals surface area contributed by atoms with E-state index in [4.69, 9.17) is 17.0 Å². The van der Waals surface area contributed by atoms with Gasteiger partial charge in [0.2, 0.25) is 5.91 Å². The minimum Gasteiger partial charge on any atom is -0.494 e. The first kappa shape index (κ1) is 24.8. The molecule has 9 heteroatoms. The summed E-state index contributed by atoms with van der Waals surface area (Å²) in [6.07, 6.45) is 1.28. The van der Waals surface area contributed by atoms with E-state index in [0.717, 1.165) is 6.42 Å². The molecule has 0 saturated heterocycles. The zero-order valence-electron chi connectivity index (χ0n) is 18.4. The second-order valence-electron chi connectivity index (χ2n) is 7.46. The van der Waals surface area contributed by atoms with Gasteiger partial charge in [-0.3, -0.25) is 30.6 Å². The van der Waals surface area contributed by atoms with Crippen molar-refractivity contribution in [1.29, 1.82) is 0 Å². The van der Waals surface area contributed by atoms with Gasteiger partial charge < -0.3 is 10.1 Å². The Kier molecular flexibility index (Phi) is 9.62. The highest BCUT2D eigenvalue weighted by Crippen LogP contribution is 2.14. The van der Waals surface area contributed by atoms with E-state index in [1.807, 2.05) is 20.8 Å². The molecule has 0 aliphatic rings. The van der Waals surface area contributed by atoms with E-state index in [1.54, 1.807) is 48.5 Å². The average molecular weight is 457 g/mol. The molecule has 2 aromatic rings. The summed E-state index contributed by atoms with van der Waals surface area (Å²) in [5.74, 6) is -0.108. The van der Waals surface area contributed by atoms with Crippen molar-refractivity contribution in [2.75, 3.05) is 11.9 Å². The summed E-state index contributed by atoms with van der Waals surface area (Å²) in [5.41, 5.74) is 6.26. The molecule has 32 heavy (non-hydrogen) atoms. The Balaban J connectivity index is 1.83. The van der Waals surface area contributed by atoms with Crippen molar-refractivity contribution in [1.82, 2.24) is 16.2 Å². The minimum atomic E-state index is -0.448. The number of ether oxygens (including phenoxy) is 1. The highest BCUT2D eigenvalue weighted by Gasteiger charge is 2.11. The first-order chi connectivity index (χ1) is 15.3. The summed E-state index contributed by atoms with van der Waals surface area (Å²) >= 11 is 5.07. The molecule has 0 heterocycles. The summed E-state index contributed by atoms with van der Waals surface area (Å²) in [5, 5.41) is 5.22. The molecule has 0 spiro atoms. The number of nitrogens with one attached hydrogen (secondary N) is 4. The van der Waals surface area contributed by atoms with Crippen LogP contribution in [0.2, 0.25) is 0 Å². The fourth-order valence-corrected chi connectivity index (χ4v) is 2.77. The van der Waals surface area contributed by atoms with Crippen molar-refractivity contribution in [3.63, 3.8) is 0 Å². The molecule has 2 rings (SSSR count). The van der Waals surface area contributed by atoms with Crippen LogP contribution < -0.4 is 26.2 Å². The van der Waals surface area contributed by atoms with Crippen LogP contribution in [0.5, 0.6) is 5.75 Å². The molecular weight excluding hydrogens is 428 g/mol. The van der Waals surface area contributed by atoms with Gasteiger partial charge in [0.25, 0.3) is 11.8 Å². The summed E-state index contributed by atoms with van der Waals surface area (Å²) in [6.45, 7) is 6.48. The van der Waals surface area contributed by atoms with Crippen LogP contribution >= 0.6 is 12.2 Å². The van der Waals surface area contributed by atoms with Gasteiger partial charge in [-0.1, -0.05) is 26.8 Å². The van der Waals surface area contributed by atoms with Gasteiger partial charge in [-0.15, -0.1) is 0 Å². The Hall–Kier alpha value is -3.46. The van der Waals surface area contributed by atoms with E-state index >= 15 is 0 Å². The SMILES string of the molecule is CCCOc1cccc(C(=O)NC(=S)NNC(=O)c2ccc(NC(=O)CC(C)C)cc2)c1. The maximum absolute atomic E-state index is 12.3. The highest BCUT2D eigenvalue weighted by molar-refractivity contribution is 7.80. The maximum atomic E-state index is 12.3. The molecule has 0 aliphatic carbocycles. The van der Waals surface area contributed by atoms with Gasteiger partial charge in [0, 0.05) is 23.2 Å². The zero-order valence-corrected chi connectivity index (χ0v) is 19.2. The molecule has 3 amide bonds. The van der Waals surface area contributed by atoms with Gasteiger partial charge in [0.05, 0.1) is 6.61 Å². The number of anilines is 1. The molecule has 170 valence electrons. The molecule has 0 bridgehead atoms. The van der Waals surface area contributed by atoms with Crippen LogP contribution in [0.4, 0.5) is 5.69 Å². The molecule has 0 aliphatic heterocycles. The molecule has 4 N–H and O–H groups in total. The topological polar surface area (TPSA) is 109 Å². The van der Waals surface area contributed by atoms with Crippen molar-refractivity contribution in [2.24, 2.45) is 5.92 Å². The molecule has 2 aromatic carbocycles. The summed E-state index contributed by atoms with van der Waals surface area (Å²) in [6, 6.07) is 13.2. The van der Waals surface area contributed by atoms with E-state index in [2.05, 4.69) is 21.5 Å². The predicted octanol–water partition coefficient (Wildman–Crippen LogP) is 3.41. The number of carbonyl (C=O) groups is 3. The number of carbonyl (C=O) groups excluding carboxylic acids is 3. The van der Waals surface area contributed by atoms with Crippen LogP contribution in [-0.4, -0.2) is 29.4 Å². The van der Waals surface area contributed by atoms with Gasteiger partial charge in [0.15, 0.2) is 5.11 Å². The second-order valence-corrected chi connectivity index (χ2v) is 7.87. The number of hydrogen-bond acceptors (Lipinski definition) is 5. The third-order valence-corrected chi connectivity index (χ3v) is 4.31. The first-order valence-electron chi connectivity index (χ1n) is 10.3. The van der Waals surface area contributed by atoms with Crippen molar-refractivity contribution in [3.8, 4) is 5.75 Å². The fraction of sp³-hybridized carbons (Fsp3) is 0.304. The Bertz CT molecular complexity index is 961. The van der Waals surface area contributed by atoms with Crippen molar-refractivity contribution in [3.05, 3.63) is 59.7 Å². The number of hydrogen-bond donors (Lipinski definition) is 4. The second kappa shape index (κ2) is 12.4. The van der Waals surface area contributed by atoms with Crippen LogP contribution in [0.3, 0.4) is 0 Å². The largest absolute Gasteiger partial charge is 0.494 e. The normalized spacial score (nSPS) is 10.2. The van der Waals surface area contributed by atoms with Crippen LogP contribution in [-0.2, 0) is 4.79 Å². The third kappa shape index (κ3) is 8.35. The Morgan fingerprint density at radius 3 is 2.34 bits per heavy atom. The van der Waals surface area contributed by atoms with Gasteiger partial charge in [-0.2, -0.15) is 0 Å². The lowest BCUT2D eigenvalue weighted by molar-refractivity contribution is -0.116. The molecule has 8 nitrogen and oxygen atoms in total. The highest BCUT2D eigenvalue weighted by atomic mass is 32.1. The Morgan fingerprint density at radius 2 is 1.69 bits per heavy atom. The monoisotopic (exact) mass is 456 g/mol. The number of thiocarbonyl (C=S) groups is 1. The number of hydrazine groups is 1. The number of amides is 3. The molecule has 0 atom stereocenters. The Morgan fingerprint density at radius 1 is 0.969 bits per heavy atom. The van der Waals surface area contributed by atoms with E-state index in [0.29, 0.717) is 35.6 Å². The lowest BCUT2D eigenvalue weighted by Crippen LogP contribution is -2.48. The van der Waals surface area contributed by atoms with E-state index in [9.17, 15) is 14.4 Å². The molecule has 0 fully saturated rings. The van der Waals surface area contributed by atoms with Crippen molar-refractivity contribution < 1.29 is 19.1 Å². The average Bonchev–Trinajstić information content (AvgIpc) is 2.76. The van der Waals surface area contributed by atoms with Crippen molar-refractivity contribution in [2.45, 2.75) is 33.6 Å². The van der Waals surface area contributed by atoms with Crippen molar-refractivity contribution >= 4 is 40.7 Å². The van der Waals surface area contributed by atoms with Crippen LogP contribution in [0, 0.1) is 5.92 Å². The molecule has 0 radical (unpaired) electrons. The minimum absolute atomic E-state index is 0.0548. The molecule has 0 unspecified atom stereocenters. The fourth-order valence-electron chi connectivity index (χ4n) is 2.63. The molecule has 0 saturated carbocycles. The predicted molar refractivity (Wildman–Crippen MR) is 127 cm³/mol. The standard InChI is InChI=1S/C23H28N4O4S/c1-4-12-31-19-7-5-6-17(14-19)21(29)25-23(32)27-26-22(30)16-8-10-18(11-9-16)24-20(28)13-15(2)3/h5-11,14-15H,4,12-13H2,1-3H3,(H,24,28)(H,26,30)(H2,25,27,29,32). The van der Waals surface area contributed by atoms with Gasteiger partial charge >= 0.3 is 0 Å². The van der Waals surface area contributed by atoms with E-state index in [1.165, 1.54) is 0 Å². The van der Waals surface area contributed by atoms with Crippen LogP contribution in [0.1, 0.15) is 54.3 Å². The van der Waals surface area contributed by atoms with Gasteiger partial charge in [-0.05, 0) is 67.0 Å².